The number of carbonyl (C=O) groups excluding carboxylic acids is 2. The predicted octanol–water partition coefficient (Wildman–Crippen LogP) is 2.82. The highest BCUT2D eigenvalue weighted by molar-refractivity contribution is 5.91. The molecule has 0 heterocycles. The number of aliphatic hydroxyl groups is 1. The molecule has 1 N–H and O–H groups in total. The minimum Gasteiger partial charge on any atom is -0.396 e. The molecule has 0 amide bonds. The summed E-state index contributed by atoms with van der Waals surface area (Å²) in [6, 6.07) is 8.04. The molecule has 0 spiro atoms. The van der Waals surface area contributed by atoms with E-state index in [1.807, 2.05) is 24.3 Å². The first-order valence-electron chi connectivity index (χ1n) is 7.99. The first-order chi connectivity index (χ1) is 11.5. The zero-order valence-corrected chi connectivity index (χ0v) is 14.0. The Hall–Kier alpha value is -2.40. The highest BCUT2D eigenvalue weighted by Gasteiger charge is 2.22. The largest absolute Gasteiger partial charge is 0.396 e. The molecule has 0 saturated carbocycles. The van der Waals surface area contributed by atoms with Gasteiger partial charge in [-0.15, -0.1) is 0 Å². The lowest BCUT2D eigenvalue weighted by molar-refractivity contribution is -0.252. The molecular formula is C19H22O5. The summed E-state index contributed by atoms with van der Waals surface area (Å²) < 4.78 is 0. The second-order valence-electron chi connectivity index (χ2n) is 5.85. The third-order valence-electron chi connectivity index (χ3n) is 4.09. The third-order valence-corrected chi connectivity index (χ3v) is 4.09. The summed E-state index contributed by atoms with van der Waals surface area (Å²) in [7, 11) is 0. The van der Waals surface area contributed by atoms with E-state index in [1.54, 1.807) is 19.9 Å². The summed E-state index contributed by atoms with van der Waals surface area (Å²) in [5.74, 6) is -1.34. The van der Waals surface area contributed by atoms with E-state index >= 15 is 0 Å². The van der Waals surface area contributed by atoms with E-state index in [4.69, 9.17) is 5.11 Å². The molecule has 0 saturated heterocycles. The number of hydrogen-bond acceptors (Lipinski definition) is 5. The van der Waals surface area contributed by atoms with Gasteiger partial charge in [0.2, 0.25) is 0 Å². The molecule has 0 fully saturated rings. The molecule has 5 heteroatoms. The standard InChI is InChI=1S/C19H22O5/c1-13(7-5-6-10-20)18(21)23-24-19(22)14(2)17-11-15-8-3-4-9-16(15)12-17/h3-4,7-9,20H,5-6,10-12H2,1-2H3/b13-7+. The summed E-state index contributed by atoms with van der Waals surface area (Å²) in [6.07, 6.45) is 4.20. The number of allylic oxidation sites excluding steroid dienone is 2. The molecule has 0 aromatic heterocycles. The van der Waals surface area contributed by atoms with Gasteiger partial charge in [-0.1, -0.05) is 35.9 Å². The predicted molar refractivity (Wildman–Crippen MR) is 88.8 cm³/mol. The van der Waals surface area contributed by atoms with Crippen LogP contribution < -0.4 is 0 Å². The monoisotopic (exact) mass is 330 g/mol. The van der Waals surface area contributed by atoms with E-state index in [0.717, 1.165) is 5.57 Å². The van der Waals surface area contributed by atoms with Gasteiger partial charge in [0, 0.05) is 17.8 Å². The van der Waals surface area contributed by atoms with E-state index in [1.165, 1.54) is 11.1 Å². The highest BCUT2D eigenvalue weighted by atomic mass is 17.2. The number of carbonyl (C=O) groups is 2. The molecule has 1 aromatic carbocycles. The summed E-state index contributed by atoms with van der Waals surface area (Å²) >= 11 is 0. The molecule has 0 aliphatic heterocycles. The van der Waals surface area contributed by atoms with Crippen LogP contribution in [0.5, 0.6) is 0 Å². The first kappa shape index (κ1) is 17.9. The fraction of sp³-hybridized carbons (Fsp3) is 0.368. The molecule has 1 aliphatic carbocycles. The van der Waals surface area contributed by atoms with E-state index < -0.39 is 11.9 Å². The van der Waals surface area contributed by atoms with Crippen LogP contribution in [0.25, 0.3) is 0 Å². The van der Waals surface area contributed by atoms with Gasteiger partial charge in [0.05, 0.1) is 0 Å². The van der Waals surface area contributed by atoms with Crippen molar-refractivity contribution in [1.29, 1.82) is 0 Å². The molecule has 0 unspecified atom stereocenters. The van der Waals surface area contributed by atoms with E-state index in [9.17, 15) is 9.59 Å². The van der Waals surface area contributed by atoms with Crippen molar-refractivity contribution in [1.82, 2.24) is 0 Å². The summed E-state index contributed by atoms with van der Waals surface area (Å²) in [5.41, 5.74) is 4.21. The SMILES string of the molecule is CC(C(=O)OOC(=O)/C(C)=C/CCCO)=C1Cc2ccccc2C1. The van der Waals surface area contributed by atoms with Crippen LogP contribution in [-0.4, -0.2) is 23.7 Å². The Morgan fingerprint density at radius 1 is 1.08 bits per heavy atom. The Kier molecular flexibility index (Phi) is 6.32. The van der Waals surface area contributed by atoms with Gasteiger partial charge < -0.3 is 5.11 Å². The lowest BCUT2D eigenvalue weighted by Crippen LogP contribution is -2.14. The number of fused-ring (bicyclic) bond motifs is 1. The average Bonchev–Trinajstić information content (AvgIpc) is 3.02. The highest BCUT2D eigenvalue weighted by Crippen LogP contribution is 2.28. The maximum Gasteiger partial charge on any atom is 0.382 e. The van der Waals surface area contributed by atoms with E-state index in [-0.39, 0.29) is 6.61 Å². The van der Waals surface area contributed by atoms with Crippen molar-refractivity contribution in [2.24, 2.45) is 0 Å². The van der Waals surface area contributed by atoms with Crippen molar-refractivity contribution in [3.8, 4) is 0 Å². The van der Waals surface area contributed by atoms with Gasteiger partial charge in [-0.3, -0.25) is 0 Å². The Morgan fingerprint density at radius 2 is 1.67 bits per heavy atom. The maximum absolute atomic E-state index is 12.1. The molecular weight excluding hydrogens is 308 g/mol. The summed E-state index contributed by atoms with van der Waals surface area (Å²) in [6.45, 7) is 3.32. The van der Waals surface area contributed by atoms with Gasteiger partial charge in [0.1, 0.15) is 0 Å². The second kappa shape index (κ2) is 8.45. The van der Waals surface area contributed by atoms with Crippen LogP contribution in [0.3, 0.4) is 0 Å². The van der Waals surface area contributed by atoms with Crippen LogP contribution in [-0.2, 0) is 32.2 Å². The van der Waals surface area contributed by atoms with Gasteiger partial charge in [-0.2, -0.15) is 0 Å². The number of aliphatic hydroxyl groups excluding tert-OH is 1. The lowest BCUT2D eigenvalue weighted by atomic mass is 10.1. The van der Waals surface area contributed by atoms with Crippen LogP contribution in [0, 0.1) is 0 Å². The van der Waals surface area contributed by atoms with E-state index in [2.05, 4.69) is 9.78 Å². The Bertz CT molecular complexity index is 658. The zero-order chi connectivity index (χ0) is 17.5. The fourth-order valence-corrected chi connectivity index (χ4v) is 2.53. The smallest absolute Gasteiger partial charge is 0.382 e. The summed E-state index contributed by atoms with van der Waals surface area (Å²) in [4.78, 5) is 33.0. The molecule has 1 aromatic rings. The van der Waals surface area contributed by atoms with Crippen LogP contribution >= 0.6 is 0 Å². The maximum atomic E-state index is 12.1. The van der Waals surface area contributed by atoms with Crippen LogP contribution in [0.2, 0.25) is 0 Å². The molecule has 0 atom stereocenters. The number of unbranched alkanes of at least 4 members (excludes halogenated alkanes) is 1. The zero-order valence-electron chi connectivity index (χ0n) is 14.0. The molecule has 1 aliphatic rings. The average molecular weight is 330 g/mol. The quantitative estimate of drug-likeness (QED) is 0.389. The van der Waals surface area contributed by atoms with Gasteiger partial charge in [-0.25, -0.2) is 19.4 Å². The van der Waals surface area contributed by atoms with Gasteiger partial charge in [0.25, 0.3) is 0 Å². The van der Waals surface area contributed by atoms with Crippen molar-refractivity contribution in [2.45, 2.75) is 39.5 Å². The number of benzene rings is 1. The topological polar surface area (TPSA) is 72.8 Å². The second-order valence-corrected chi connectivity index (χ2v) is 5.85. The molecule has 0 radical (unpaired) electrons. The number of rotatable bonds is 5. The Balaban J connectivity index is 1.90. The fourth-order valence-electron chi connectivity index (χ4n) is 2.53. The minimum atomic E-state index is -0.700. The lowest BCUT2D eigenvalue weighted by Gasteiger charge is -2.06. The van der Waals surface area contributed by atoms with Crippen molar-refractivity contribution in [3.63, 3.8) is 0 Å². The van der Waals surface area contributed by atoms with Crippen molar-refractivity contribution >= 4 is 11.9 Å². The third kappa shape index (κ3) is 4.55. The Labute approximate surface area is 141 Å². The normalized spacial score (nSPS) is 13.5. The van der Waals surface area contributed by atoms with Crippen molar-refractivity contribution in [2.75, 3.05) is 6.61 Å². The molecule has 5 nitrogen and oxygen atoms in total. The van der Waals surface area contributed by atoms with E-state index in [0.29, 0.717) is 36.8 Å². The molecule has 128 valence electrons. The summed E-state index contributed by atoms with van der Waals surface area (Å²) in [5, 5.41) is 8.70. The molecule has 0 bridgehead atoms. The van der Waals surface area contributed by atoms with Crippen LogP contribution in [0.1, 0.15) is 37.8 Å². The van der Waals surface area contributed by atoms with Gasteiger partial charge >= 0.3 is 11.9 Å². The Morgan fingerprint density at radius 3 is 2.25 bits per heavy atom. The van der Waals surface area contributed by atoms with Crippen molar-refractivity contribution in [3.05, 3.63) is 58.2 Å². The van der Waals surface area contributed by atoms with Crippen molar-refractivity contribution < 1.29 is 24.5 Å². The minimum absolute atomic E-state index is 0.0585. The molecule has 24 heavy (non-hydrogen) atoms. The van der Waals surface area contributed by atoms with Gasteiger partial charge in [-0.05, 0) is 50.7 Å². The van der Waals surface area contributed by atoms with Gasteiger partial charge in [0.15, 0.2) is 0 Å². The molecule has 2 rings (SSSR count). The van der Waals surface area contributed by atoms with Crippen LogP contribution in [0.4, 0.5) is 0 Å². The number of hydrogen-bond donors (Lipinski definition) is 1. The first-order valence-corrected chi connectivity index (χ1v) is 7.99. The van der Waals surface area contributed by atoms with Crippen LogP contribution in [0.15, 0.2) is 47.1 Å².